The van der Waals surface area contributed by atoms with Crippen molar-refractivity contribution < 1.29 is 8.91 Å². The molecule has 7 heteroatoms. The third kappa shape index (κ3) is 3.25. The Morgan fingerprint density at radius 3 is 2.56 bits per heavy atom. The van der Waals surface area contributed by atoms with Crippen LogP contribution in [-0.2, 0) is 6.54 Å². The van der Waals surface area contributed by atoms with Crippen molar-refractivity contribution in [1.29, 1.82) is 0 Å². The molecule has 0 fully saturated rings. The van der Waals surface area contributed by atoms with E-state index in [2.05, 4.69) is 15.1 Å². The molecule has 2 heterocycles. The molecule has 0 saturated heterocycles. The Hall–Kier alpha value is -3.48. The lowest BCUT2D eigenvalue weighted by Crippen LogP contribution is -1.96. The van der Waals surface area contributed by atoms with Crippen LogP contribution in [0.1, 0.15) is 5.56 Å². The molecule has 0 amide bonds. The number of halogens is 1. The van der Waals surface area contributed by atoms with E-state index in [4.69, 9.17) is 10.3 Å². The SMILES string of the molecule is Nc1ccc(Cn2cnc(-c3nc(-c4ccc(F)cc4)no3)c2)cc1. The van der Waals surface area contributed by atoms with Crippen molar-refractivity contribution in [3.63, 3.8) is 0 Å². The number of hydrogen-bond donors (Lipinski definition) is 1. The van der Waals surface area contributed by atoms with Gasteiger partial charge in [-0.15, -0.1) is 0 Å². The molecular weight excluding hydrogens is 321 g/mol. The van der Waals surface area contributed by atoms with Gasteiger partial charge in [-0.05, 0) is 42.0 Å². The zero-order chi connectivity index (χ0) is 17.2. The maximum Gasteiger partial charge on any atom is 0.278 e. The van der Waals surface area contributed by atoms with Gasteiger partial charge in [-0.2, -0.15) is 4.98 Å². The van der Waals surface area contributed by atoms with Gasteiger partial charge in [0.25, 0.3) is 5.89 Å². The number of rotatable bonds is 4. The minimum absolute atomic E-state index is 0.311. The van der Waals surface area contributed by atoms with E-state index in [0.29, 0.717) is 29.5 Å². The molecule has 0 aliphatic heterocycles. The van der Waals surface area contributed by atoms with E-state index in [-0.39, 0.29) is 5.82 Å². The van der Waals surface area contributed by atoms with Crippen LogP contribution in [0.15, 0.2) is 65.6 Å². The van der Waals surface area contributed by atoms with E-state index in [9.17, 15) is 4.39 Å². The Bertz CT molecular complexity index is 989. The van der Waals surface area contributed by atoms with Gasteiger partial charge in [-0.3, -0.25) is 0 Å². The molecule has 0 bridgehead atoms. The monoisotopic (exact) mass is 335 g/mol. The summed E-state index contributed by atoms with van der Waals surface area (Å²) in [6, 6.07) is 13.6. The number of nitrogens with zero attached hydrogens (tertiary/aromatic N) is 4. The molecule has 0 radical (unpaired) electrons. The van der Waals surface area contributed by atoms with Crippen LogP contribution in [0.25, 0.3) is 23.0 Å². The summed E-state index contributed by atoms with van der Waals surface area (Å²) in [5, 5.41) is 3.92. The number of benzene rings is 2. The van der Waals surface area contributed by atoms with E-state index in [1.54, 1.807) is 18.5 Å². The minimum Gasteiger partial charge on any atom is -0.399 e. The van der Waals surface area contributed by atoms with E-state index >= 15 is 0 Å². The number of imidazole rings is 1. The van der Waals surface area contributed by atoms with Crippen molar-refractivity contribution >= 4 is 5.69 Å². The molecule has 0 atom stereocenters. The average Bonchev–Trinajstić information content (AvgIpc) is 3.27. The molecule has 124 valence electrons. The van der Waals surface area contributed by atoms with E-state index < -0.39 is 0 Å². The summed E-state index contributed by atoms with van der Waals surface area (Å²) < 4.78 is 20.2. The van der Waals surface area contributed by atoms with Crippen LogP contribution in [-0.4, -0.2) is 19.7 Å². The number of aromatic nitrogens is 4. The highest BCUT2D eigenvalue weighted by Crippen LogP contribution is 2.21. The van der Waals surface area contributed by atoms with E-state index in [0.717, 1.165) is 11.3 Å². The van der Waals surface area contributed by atoms with Crippen LogP contribution < -0.4 is 5.73 Å². The molecule has 6 nitrogen and oxygen atoms in total. The van der Waals surface area contributed by atoms with Crippen LogP contribution in [0.5, 0.6) is 0 Å². The Kier molecular flexibility index (Phi) is 3.74. The van der Waals surface area contributed by atoms with Crippen LogP contribution >= 0.6 is 0 Å². The normalized spacial score (nSPS) is 10.9. The number of nitrogens with two attached hydrogens (primary N) is 1. The van der Waals surface area contributed by atoms with E-state index in [1.807, 2.05) is 35.0 Å². The second-order valence-electron chi connectivity index (χ2n) is 5.60. The minimum atomic E-state index is -0.311. The lowest BCUT2D eigenvalue weighted by atomic mass is 10.2. The average molecular weight is 335 g/mol. The molecule has 2 N–H and O–H groups in total. The van der Waals surface area contributed by atoms with Crippen molar-refractivity contribution in [2.24, 2.45) is 0 Å². The van der Waals surface area contributed by atoms with Gasteiger partial charge in [0, 0.05) is 24.0 Å². The van der Waals surface area contributed by atoms with Crippen molar-refractivity contribution in [2.75, 3.05) is 5.73 Å². The lowest BCUT2D eigenvalue weighted by Gasteiger charge is -2.02. The Balaban J connectivity index is 1.54. The van der Waals surface area contributed by atoms with E-state index in [1.165, 1.54) is 12.1 Å². The van der Waals surface area contributed by atoms with Crippen molar-refractivity contribution in [1.82, 2.24) is 19.7 Å². The molecule has 4 aromatic rings. The summed E-state index contributed by atoms with van der Waals surface area (Å²) in [4.78, 5) is 8.62. The molecule has 0 aliphatic rings. The topological polar surface area (TPSA) is 82.8 Å². The van der Waals surface area contributed by atoms with Crippen LogP contribution in [0, 0.1) is 5.82 Å². The Labute approximate surface area is 142 Å². The lowest BCUT2D eigenvalue weighted by molar-refractivity contribution is 0.431. The third-order valence-electron chi connectivity index (χ3n) is 3.73. The highest BCUT2D eigenvalue weighted by atomic mass is 19.1. The molecule has 4 rings (SSSR count). The maximum atomic E-state index is 13.0. The maximum absolute atomic E-state index is 13.0. The molecule has 0 spiro atoms. The summed E-state index contributed by atoms with van der Waals surface area (Å²) in [7, 11) is 0. The van der Waals surface area contributed by atoms with Gasteiger partial charge >= 0.3 is 0 Å². The third-order valence-corrected chi connectivity index (χ3v) is 3.73. The van der Waals surface area contributed by atoms with Gasteiger partial charge in [0.15, 0.2) is 0 Å². The molecule has 2 aromatic heterocycles. The smallest absolute Gasteiger partial charge is 0.278 e. The van der Waals surface area contributed by atoms with Gasteiger partial charge in [-0.25, -0.2) is 9.37 Å². The summed E-state index contributed by atoms with van der Waals surface area (Å²) in [6.45, 7) is 0.659. The van der Waals surface area contributed by atoms with Crippen LogP contribution in [0.3, 0.4) is 0 Å². The summed E-state index contributed by atoms with van der Waals surface area (Å²) >= 11 is 0. The fourth-order valence-electron chi connectivity index (χ4n) is 2.43. The van der Waals surface area contributed by atoms with Crippen LogP contribution in [0.4, 0.5) is 10.1 Å². The van der Waals surface area contributed by atoms with Gasteiger partial charge in [-0.1, -0.05) is 17.3 Å². The highest BCUT2D eigenvalue weighted by Gasteiger charge is 2.13. The Morgan fingerprint density at radius 1 is 1.04 bits per heavy atom. The Morgan fingerprint density at radius 2 is 1.80 bits per heavy atom. The van der Waals surface area contributed by atoms with Gasteiger partial charge in [0.1, 0.15) is 11.5 Å². The fourth-order valence-corrected chi connectivity index (χ4v) is 2.43. The second kappa shape index (κ2) is 6.20. The highest BCUT2D eigenvalue weighted by molar-refractivity contribution is 5.57. The first-order chi connectivity index (χ1) is 12.2. The molecule has 25 heavy (non-hydrogen) atoms. The number of nitrogen functional groups attached to an aromatic ring is 1. The molecule has 0 unspecified atom stereocenters. The largest absolute Gasteiger partial charge is 0.399 e. The van der Waals surface area contributed by atoms with Crippen molar-refractivity contribution in [3.05, 3.63) is 72.4 Å². The quantitative estimate of drug-likeness (QED) is 0.578. The predicted molar refractivity (Wildman–Crippen MR) is 90.9 cm³/mol. The molecule has 2 aromatic carbocycles. The molecule has 0 saturated carbocycles. The summed E-state index contributed by atoms with van der Waals surface area (Å²) in [6.07, 6.45) is 3.53. The first-order valence-electron chi connectivity index (χ1n) is 7.63. The predicted octanol–water partition coefficient (Wildman–Crippen LogP) is 3.37. The fraction of sp³-hybridized carbons (Fsp3) is 0.0556. The van der Waals surface area contributed by atoms with Crippen molar-refractivity contribution in [2.45, 2.75) is 6.54 Å². The first kappa shape index (κ1) is 15.1. The molecular formula is C18H14FN5O. The van der Waals surface area contributed by atoms with Crippen LogP contribution in [0.2, 0.25) is 0 Å². The summed E-state index contributed by atoms with van der Waals surface area (Å²) in [5.74, 6) is 0.396. The molecule has 0 aliphatic carbocycles. The standard InChI is InChI=1S/C18H14FN5O/c19-14-5-3-13(4-6-14)17-22-18(25-23-17)16-10-24(11-21-16)9-12-1-7-15(20)8-2-12/h1-8,10-11H,9,20H2. The second-order valence-corrected chi connectivity index (χ2v) is 5.60. The number of hydrogen-bond acceptors (Lipinski definition) is 5. The summed E-state index contributed by atoms with van der Waals surface area (Å²) in [5.41, 5.74) is 8.79. The van der Waals surface area contributed by atoms with Gasteiger partial charge in [0.2, 0.25) is 5.82 Å². The number of anilines is 1. The van der Waals surface area contributed by atoms with Gasteiger partial charge < -0.3 is 14.8 Å². The zero-order valence-corrected chi connectivity index (χ0v) is 13.1. The van der Waals surface area contributed by atoms with Gasteiger partial charge in [0.05, 0.1) is 6.33 Å². The first-order valence-corrected chi connectivity index (χ1v) is 7.63. The zero-order valence-electron chi connectivity index (χ0n) is 13.1. The van der Waals surface area contributed by atoms with Crippen molar-refractivity contribution in [3.8, 4) is 23.0 Å².